The zero-order valence-corrected chi connectivity index (χ0v) is 9.31. The zero-order chi connectivity index (χ0) is 12.5. The van der Waals surface area contributed by atoms with Crippen LogP contribution in [0.25, 0.3) is 10.9 Å². The molecule has 0 fully saturated rings. The quantitative estimate of drug-likeness (QED) is 0.645. The number of nitrogens with one attached hydrogen (secondary N) is 2. The van der Waals surface area contributed by atoms with Gasteiger partial charge in [-0.25, -0.2) is 9.37 Å². The SMILES string of the molecule is Nc1nc(Nc2ccc3[nH]ccc3c2)ncc1F. The van der Waals surface area contributed by atoms with E-state index in [-0.39, 0.29) is 11.8 Å². The molecule has 0 aliphatic rings. The van der Waals surface area contributed by atoms with Crippen molar-refractivity contribution in [2.45, 2.75) is 0 Å². The van der Waals surface area contributed by atoms with Crippen LogP contribution in [0.3, 0.4) is 0 Å². The molecule has 0 amide bonds. The number of nitrogens with two attached hydrogens (primary N) is 1. The van der Waals surface area contributed by atoms with Crippen molar-refractivity contribution >= 4 is 28.4 Å². The minimum absolute atomic E-state index is 0.171. The predicted molar refractivity (Wildman–Crippen MR) is 68.0 cm³/mol. The van der Waals surface area contributed by atoms with Gasteiger partial charge in [-0.2, -0.15) is 4.98 Å². The highest BCUT2D eigenvalue weighted by Gasteiger charge is 2.04. The molecular weight excluding hydrogens is 233 g/mol. The van der Waals surface area contributed by atoms with Gasteiger partial charge in [-0.3, -0.25) is 0 Å². The molecule has 0 saturated carbocycles. The first-order valence-corrected chi connectivity index (χ1v) is 5.34. The second-order valence-electron chi connectivity index (χ2n) is 3.83. The maximum atomic E-state index is 12.9. The number of hydrogen-bond donors (Lipinski definition) is 3. The minimum Gasteiger partial charge on any atom is -0.381 e. The van der Waals surface area contributed by atoms with Crippen LogP contribution in [0.15, 0.2) is 36.7 Å². The Morgan fingerprint density at radius 1 is 1.28 bits per heavy atom. The lowest BCUT2D eigenvalue weighted by atomic mass is 10.2. The Labute approximate surface area is 102 Å². The van der Waals surface area contributed by atoms with Gasteiger partial charge >= 0.3 is 0 Å². The Balaban J connectivity index is 1.92. The molecule has 0 aliphatic heterocycles. The number of benzene rings is 1. The normalized spacial score (nSPS) is 10.7. The lowest BCUT2D eigenvalue weighted by molar-refractivity contribution is 0.620. The third kappa shape index (κ3) is 1.84. The molecule has 4 N–H and O–H groups in total. The maximum absolute atomic E-state index is 12.9. The number of H-pyrrole nitrogens is 1. The van der Waals surface area contributed by atoms with Crippen molar-refractivity contribution in [3.8, 4) is 0 Å². The van der Waals surface area contributed by atoms with E-state index in [1.165, 1.54) is 0 Å². The molecule has 2 heterocycles. The van der Waals surface area contributed by atoms with Crippen LogP contribution >= 0.6 is 0 Å². The second-order valence-corrected chi connectivity index (χ2v) is 3.83. The van der Waals surface area contributed by atoms with Crippen LogP contribution < -0.4 is 11.1 Å². The number of fused-ring (bicyclic) bond motifs is 1. The standard InChI is InChI=1S/C12H10FN5/c13-9-6-16-12(18-11(9)14)17-8-1-2-10-7(5-8)3-4-15-10/h1-6,15H,(H3,14,16,17,18). The summed E-state index contributed by atoms with van der Waals surface area (Å²) in [5, 5.41) is 4.04. The molecule has 3 aromatic rings. The van der Waals surface area contributed by atoms with Gasteiger partial charge in [-0.15, -0.1) is 0 Å². The van der Waals surface area contributed by atoms with Crippen LogP contribution in [0.2, 0.25) is 0 Å². The summed E-state index contributed by atoms with van der Waals surface area (Å²) in [4.78, 5) is 10.7. The van der Waals surface area contributed by atoms with E-state index in [9.17, 15) is 4.39 Å². The van der Waals surface area contributed by atoms with E-state index in [4.69, 9.17) is 5.73 Å². The molecule has 3 rings (SSSR count). The fourth-order valence-corrected chi connectivity index (χ4v) is 1.70. The Morgan fingerprint density at radius 3 is 3.00 bits per heavy atom. The lowest BCUT2D eigenvalue weighted by Gasteiger charge is -2.05. The van der Waals surface area contributed by atoms with Gasteiger partial charge in [0.25, 0.3) is 0 Å². The number of hydrogen-bond acceptors (Lipinski definition) is 4. The fraction of sp³-hybridized carbons (Fsp3) is 0. The molecular formula is C12H10FN5. The molecule has 0 radical (unpaired) electrons. The van der Waals surface area contributed by atoms with E-state index in [1.54, 1.807) is 0 Å². The van der Waals surface area contributed by atoms with Crippen LogP contribution in [-0.4, -0.2) is 15.0 Å². The summed E-state index contributed by atoms with van der Waals surface area (Å²) >= 11 is 0. The van der Waals surface area contributed by atoms with Gasteiger partial charge in [-0.05, 0) is 24.3 Å². The van der Waals surface area contributed by atoms with E-state index < -0.39 is 5.82 Å². The highest BCUT2D eigenvalue weighted by atomic mass is 19.1. The number of nitrogens with zero attached hydrogens (tertiary/aromatic N) is 2. The molecule has 0 unspecified atom stereocenters. The predicted octanol–water partition coefficient (Wildman–Crippen LogP) is 2.42. The minimum atomic E-state index is -0.623. The molecule has 0 atom stereocenters. The van der Waals surface area contributed by atoms with Gasteiger partial charge in [0.1, 0.15) is 0 Å². The average molecular weight is 243 g/mol. The molecule has 1 aromatic carbocycles. The smallest absolute Gasteiger partial charge is 0.229 e. The molecule has 0 spiro atoms. The first-order chi connectivity index (χ1) is 8.72. The summed E-state index contributed by atoms with van der Waals surface area (Å²) < 4.78 is 12.9. The topological polar surface area (TPSA) is 79.6 Å². The van der Waals surface area contributed by atoms with Crippen molar-refractivity contribution in [2.24, 2.45) is 0 Å². The lowest BCUT2D eigenvalue weighted by Crippen LogP contribution is -2.02. The molecule has 90 valence electrons. The van der Waals surface area contributed by atoms with E-state index in [1.807, 2.05) is 30.5 Å². The first-order valence-electron chi connectivity index (χ1n) is 5.34. The molecule has 0 saturated heterocycles. The highest BCUT2D eigenvalue weighted by Crippen LogP contribution is 2.20. The number of halogens is 1. The number of nitrogen functional groups attached to an aromatic ring is 1. The molecule has 18 heavy (non-hydrogen) atoms. The van der Waals surface area contributed by atoms with E-state index >= 15 is 0 Å². The molecule has 2 aromatic heterocycles. The van der Waals surface area contributed by atoms with Gasteiger partial charge in [0.2, 0.25) is 5.95 Å². The third-order valence-electron chi connectivity index (χ3n) is 2.58. The largest absolute Gasteiger partial charge is 0.381 e. The second kappa shape index (κ2) is 3.99. The number of anilines is 3. The summed E-state index contributed by atoms with van der Waals surface area (Å²) in [5.74, 6) is -0.527. The van der Waals surface area contributed by atoms with Crippen LogP contribution in [0.5, 0.6) is 0 Å². The Morgan fingerprint density at radius 2 is 2.17 bits per heavy atom. The van der Waals surface area contributed by atoms with Crippen molar-refractivity contribution in [2.75, 3.05) is 11.1 Å². The van der Waals surface area contributed by atoms with Crippen molar-refractivity contribution < 1.29 is 4.39 Å². The van der Waals surface area contributed by atoms with Crippen LogP contribution in [0, 0.1) is 5.82 Å². The summed E-state index contributed by atoms with van der Waals surface area (Å²) in [6, 6.07) is 7.71. The third-order valence-corrected chi connectivity index (χ3v) is 2.58. The zero-order valence-electron chi connectivity index (χ0n) is 9.31. The number of rotatable bonds is 2. The Kier molecular flexibility index (Phi) is 2.33. The van der Waals surface area contributed by atoms with Crippen molar-refractivity contribution in [3.05, 3.63) is 42.5 Å². The molecule has 0 aliphatic carbocycles. The van der Waals surface area contributed by atoms with E-state index in [2.05, 4.69) is 20.3 Å². The van der Waals surface area contributed by atoms with Crippen molar-refractivity contribution in [1.82, 2.24) is 15.0 Å². The summed E-state index contributed by atoms with van der Waals surface area (Å²) in [6.07, 6.45) is 2.90. The number of aromatic nitrogens is 3. The highest BCUT2D eigenvalue weighted by molar-refractivity contribution is 5.83. The summed E-state index contributed by atoms with van der Waals surface area (Å²) in [7, 11) is 0. The van der Waals surface area contributed by atoms with Crippen LogP contribution in [0.4, 0.5) is 21.8 Å². The Bertz CT molecular complexity index is 707. The van der Waals surface area contributed by atoms with Gasteiger partial charge in [-0.1, -0.05) is 0 Å². The summed E-state index contributed by atoms with van der Waals surface area (Å²) in [5.41, 5.74) is 7.23. The van der Waals surface area contributed by atoms with Crippen LogP contribution in [-0.2, 0) is 0 Å². The van der Waals surface area contributed by atoms with E-state index in [0.717, 1.165) is 22.8 Å². The first kappa shape index (κ1) is 10.5. The maximum Gasteiger partial charge on any atom is 0.229 e. The fourth-order valence-electron chi connectivity index (χ4n) is 1.70. The van der Waals surface area contributed by atoms with Gasteiger partial charge in [0.15, 0.2) is 11.6 Å². The van der Waals surface area contributed by atoms with Gasteiger partial charge < -0.3 is 16.0 Å². The van der Waals surface area contributed by atoms with Crippen molar-refractivity contribution in [1.29, 1.82) is 0 Å². The van der Waals surface area contributed by atoms with Crippen molar-refractivity contribution in [3.63, 3.8) is 0 Å². The van der Waals surface area contributed by atoms with Gasteiger partial charge in [0, 0.05) is 22.8 Å². The molecule has 0 bridgehead atoms. The number of aromatic amines is 1. The Hall–Kier alpha value is -2.63. The molecule has 5 nitrogen and oxygen atoms in total. The monoisotopic (exact) mass is 243 g/mol. The van der Waals surface area contributed by atoms with Crippen LogP contribution in [0.1, 0.15) is 0 Å². The molecule has 6 heteroatoms. The summed E-state index contributed by atoms with van der Waals surface area (Å²) in [6.45, 7) is 0. The van der Waals surface area contributed by atoms with Gasteiger partial charge in [0.05, 0.1) is 6.20 Å². The van der Waals surface area contributed by atoms with E-state index in [0.29, 0.717) is 0 Å². The average Bonchev–Trinajstić information content (AvgIpc) is 2.81.